The molecule has 1 saturated carbocycles. The molecule has 0 aromatic heterocycles. The van der Waals surface area contributed by atoms with Crippen LogP contribution in [0.1, 0.15) is 69.0 Å². The summed E-state index contributed by atoms with van der Waals surface area (Å²) >= 11 is 12.6. The summed E-state index contributed by atoms with van der Waals surface area (Å²) in [5.74, 6) is -0.994. The van der Waals surface area contributed by atoms with Crippen LogP contribution in [0, 0.1) is 5.41 Å². The fourth-order valence-electron chi connectivity index (χ4n) is 5.77. The van der Waals surface area contributed by atoms with E-state index in [4.69, 9.17) is 28.9 Å². The molecule has 10 heteroatoms. The third-order valence-electron chi connectivity index (χ3n) is 7.87. The highest BCUT2D eigenvalue weighted by atomic mass is 35.5. The summed E-state index contributed by atoms with van der Waals surface area (Å²) < 4.78 is 27.4. The third kappa shape index (κ3) is 5.88. The highest BCUT2D eigenvalue weighted by molar-refractivity contribution is 7.90. The molecular weight excluding hydrogens is 545 g/mol. The summed E-state index contributed by atoms with van der Waals surface area (Å²) in [5, 5.41) is 0.788. The molecule has 2 aromatic carbocycles. The van der Waals surface area contributed by atoms with E-state index in [-0.39, 0.29) is 30.0 Å². The Morgan fingerprint density at radius 3 is 2.34 bits per heavy atom. The van der Waals surface area contributed by atoms with Crippen LogP contribution in [0.4, 0.5) is 0 Å². The number of likely N-dealkylation sites (N-methyl/N-ethyl adjacent to an activating group) is 1. The van der Waals surface area contributed by atoms with Crippen LogP contribution in [0.5, 0.6) is 0 Å². The first-order chi connectivity index (χ1) is 17.9. The van der Waals surface area contributed by atoms with Crippen LogP contribution in [0.2, 0.25) is 10.0 Å². The number of carbonyl (C=O) groups is 2. The molecule has 0 radical (unpaired) electrons. The number of sulfonamides is 1. The van der Waals surface area contributed by atoms with E-state index in [1.807, 2.05) is 37.3 Å². The number of amides is 2. The number of nitrogens with zero attached hydrogens (tertiary/aromatic N) is 2. The maximum Gasteiger partial charge on any atom is 0.229 e. The molecule has 1 aliphatic carbocycles. The van der Waals surface area contributed by atoms with Crippen molar-refractivity contribution in [3.8, 4) is 0 Å². The minimum Gasteiger partial charge on any atom is -0.370 e. The van der Waals surface area contributed by atoms with Crippen LogP contribution in [-0.2, 0) is 19.6 Å². The molecule has 38 heavy (non-hydrogen) atoms. The fraction of sp³-hybridized carbons (Fsp3) is 0.500. The van der Waals surface area contributed by atoms with E-state index in [0.717, 1.165) is 11.1 Å². The number of carbonyl (C=O) groups excluding carboxylic acids is 2. The zero-order valence-electron chi connectivity index (χ0n) is 21.9. The molecule has 0 bridgehead atoms. The van der Waals surface area contributed by atoms with Gasteiger partial charge in [-0.1, -0.05) is 61.3 Å². The van der Waals surface area contributed by atoms with Crippen LogP contribution in [0.15, 0.2) is 48.5 Å². The minimum atomic E-state index is -3.45. The molecule has 206 valence electrons. The van der Waals surface area contributed by atoms with Crippen LogP contribution in [-0.4, -0.2) is 54.3 Å². The van der Waals surface area contributed by atoms with Crippen molar-refractivity contribution in [1.29, 1.82) is 0 Å². The number of hydrogen-bond acceptors (Lipinski definition) is 4. The van der Waals surface area contributed by atoms with Crippen molar-refractivity contribution in [3.63, 3.8) is 0 Å². The largest absolute Gasteiger partial charge is 0.370 e. The minimum absolute atomic E-state index is 0.112. The highest BCUT2D eigenvalue weighted by Crippen LogP contribution is 2.52. The molecule has 2 aromatic rings. The van der Waals surface area contributed by atoms with Crippen molar-refractivity contribution >= 4 is 45.0 Å². The van der Waals surface area contributed by atoms with Crippen LogP contribution in [0.25, 0.3) is 0 Å². The van der Waals surface area contributed by atoms with Crippen molar-refractivity contribution in [2.45, 2.75) is 69.2 Å². The summed E-state index contributed by atoms with van der Waals surface area (Å²) in [4.78, 5) is 28.3. The number of likely N-dealkylation sites (tertiary alicyclic amines) is 1. The Morgan fingerprint density at radius 2 is 1.79 bits per heavy atom. The average molecular weight is 581 g/mol. The highest BCUT2D eigenvalue weighted by Gasteiger charge is 2.52. The molecule has 2 fully saturated rings. The second kappa shape index (κ2) is 11.2. The van der Waals surface area contributed by atoms with Gasteiger partial charge in [-0.25, -0.2) is 12.7 Å². The van der Waals surface area contributed by atoms with Gasteiger partial charge in [0.1, 0.15) is 0 Å². The number of rotatable bonds is 10. The van der Waals surface area contributed by atoms with Gasteiger partial charge in [0.15, 0.2) is 0 Å². The second-order valence-corrected chi connectivity index (χ2v) is 14.1. The maximum absolute atomic E-state index is 14.4. The number of benzene rings is 2. The number of primary amides is 1. The van der Waals surface area contributed by atoms with Gasteiger partial charge in [0.25, 0.3) is 0 Å². The first-order valence-electron chi connectivity index (χ1n) is 12.9. The predicted molar refractivity (Wildman–Crippen MR) is 150 cm³/mol. The molecule has 0 spiro atoms. The van der Waals surface area contributed by atoms with E-state index >= 15 is 0 Å². The lowest BCUT2D eigenvalue weighted by Gasteiger charge is -2.52. The lowest BCUT2D eigenvalue weighted by Crippen LogP contribution is -2.58. The van der Waals surface area contributed by atoms with Gasteiger partial charge < -0.3 is 10.6 Å². The van der Waals surface area contributed by atoms with Gasteiger partial charge in [0.2, 0.25) is 21.8 Å². The molecule has 1 heterocycles. The molecule has 4 atom stereocenters. The quantitative estimate of drug-likeness (QED) is 0.421. The summed E-state index contributed by atoms with van der Waals surface area (Å²) in [5.41, 5.74) is 6.38. The van der Waals surface area contributed by atoms with E-state index in [1.165, 1.54) is 4.31 Å². The summed E-state index contributed by atoms with van der Waals surface area (Å²) in [7, 11) is -1.87. The van der Waals surface area contributed by atoms with E-state index in [2.05, 4.69) is 0 Å². The summed E-state index contributed by atoms with van der Waals surface area (Å²) in [6.07, 6.45) is 2.11. The Morgan fingerprint density at radius 1 is 1.13 bits per heavy atom. The third-order valence-corrected chi connectivity index (χ3v) is 10.7. The van der Waals surface area contributed by atoms with E-state index < -0.39 is 33.4 Å². The van der Waals surface area contributed by atoms with Gasteiger partial charge in [-0.3, -0.25) is 9.59 Å². The van der Waals surface area contributed by atoms with Crippen molar-refractivity contribution in [3.05, 3.63) is 69.7 Å². The summed E-state index contributed by atoms with van der Waals surface area (Å²) in [6.45, 7) is 3.88. The van der Waals surface area contributed by atoms with Gasteiger partial charge >= 0.3 is 0 Å². The number of piperidine rings is 1. The maximum atomic E-state index is 14.4. The van der Waals surface area contributed by atoms with Gasteiger partial charge in [-0.15, -0.1) is 0 Å². The Bertz CT molecular complexity index is 1300. The Balaban J connectivity index is 1.86. The Hall–Kier alpha value is -2.13. The second-order valence-electron chi connectivity index (χ2n) is 10.9. The van der Waals surface area contributed by atoms with Crippen molar-refractivity contribution in [2.24, 2.45) is 11.1 Å². The van der Waals surface area contributed by atoms with Gasteiger partial charge in [0.05, 0.1) is 16.7 Å². The molecule has 0 unspecified atom stereocenters. The fourth-order valence-corrected chi connectivity index (χ4v) is 7.71. The zero-order chi connectivity index (χ0) is 27.8. The van der Waals surface area contributed by atoms with Gasteiger partial charge in [-0.2, -0.15) is 0 Å². The molecule has 1 saturated heterocycles. The lowest BCUT2D eigenvalue weighted by atomic mass is 9.67. The Labute approximate surface area is 235 Å². The SMILES string of the molecule is CC[C@@H](CN(C)S(=O)(=O)C1CC1)N1C(=O)[C@@](C)(CC(N)=O)C[C@H](c2cccc(Cl)c2)[C@H]1c1ccc(Cl)cc1. The number of nitrogens with two attached hydrogens (primary N) is 1. The molecule has 2 N–H and O–H groups in total. The van der Waals surface area contributed by atoms with Crippen molar-refractivity contribution in [1.82, 2.24) is 9.21 Å². The molecule has 4 rings (SSSR count). The Kier molecular flexibility index (Phi) is 8.48. The van der Waals surface area contributed by atoms with Gasteiger partial charge in [-0.05, 0) is 61.1 Å². The smallest absolute Gasteiger partial charge is 0.229 e. The van der Waals surface area contributed by atoms with E-state index in [1.54, 1.807) is 37.1 Å². The average Bonchev–Trinajstić information content (AvgIpc) is 3.70. The first kappa shape index (κ1) is 28.9. The topological polar surface area (TPSA) is 101 Å². The molecular formula is C28H35Cl2N3O4S. The first-order valence-corrected chi connectivity index (χ1v) is 15.2. The lowest BCUT2D eigenvalue weighted by molar-refractivity contribution is -0.157. The van der Waals surface area contributed by atoms with Gasteiger partial charge in [0, 0.05) is 42.0 Å². The number of halogens is 2. The molecule has 2 amide bonds. The zero-order valence-corrected chi connectivity index (χ0v) is 24.3. The van der Waals surface area contributed by atoms with Crippen molar-refractivity contribution < 1.29 is 18.0 Å². The van der Waals surface area contributed by atoms with E-state index in [0.29, 0.717) is 35.7 Å². The molecule has 1 aliphatic heterocycles. The predicted octanol–water partition coefficient (Wildman–Crippen LogP) is 5.13. The van der Waals surface area contributed by atoms with Crippen LogP contribution >= 0.6 is 23.2 Å². The normalized spacial score (nSPS) is 25.0. The van der Waals surface area contributed by atoms with Crippen LogP contribution < -0.4 is 5.73 Å². The molecule has 7 nitrogen and oxygen atoms in total. The summed E-state index contributed by atoms with van der Waals surface area (Å²) in [6, 6.07) is 14.0. The molecule has 2 aliphatic rings. The van der Waals surface area contributed by atoms with Crippen LogP contribution in [0.3, 0.4) is 0 Å². The van der Waals surface area contributed by atoms with E-state index in [9.17, 15) is 18.0 Å². The number of hydrogen-bond donors (Lipinski definition) is 1. The monoisotopic (exact) mass is 579 g/mol. The standard InChI is InChI=1S/C28H35Cl2N3O4S/c1-4-22(17-32(3)38(36,37)23-12-13-23)33-26(18-8-10-20(29)11-9-18)24(19-6-5-7-21(30)14-19)15-28(2,27(33)35)16-25(31)34/h5-11,14,22-24,26H,4,12-13,15-17H2,1-3H3,(H2,31,34)/t22-,24+,26+,28+/m0/s1. The van der Waals surface area contributed by atoms with Crippen molar-refractivity contribution in [2.75, 3.05) is 13.6 Å².